The van der Waals surface area contributed by atoms with E-state index in [9.17, 15) is 4.79 Å². The number of aromatic nitrogens is 2. The molecule has 1 aliphatic heterocycles. The fraction of sp³-hybridized carbons (Fsp3) is 0.474. The first-order valence-electron chi connectivity index (χ1n) is 8.68. The number of nitrogens with zero attached hydrogens (tertiary/aromatic N) is 3. The van der Waals surface area contributed by atoms with Crippen LogP contribution in [0.2, 0.25) is 0 Å². The van der Waals surface area contributed by atoms with E-state index in [0.29, 0.717) is 13.1 Å². The zero-order chi connectivity index (χ0) is 17.1. The number of nitrogens with two attached hydrogens (primary N) is 1. The molecule has 1 amide bonds. The number of carbonyl (C=O) groups is 1. The van der Waals surface area contributed by atoms with E-state index < -0.39 is 0 Å². The van der Waals surface area contributed by atoms with Crippen molar-refractivity contribution in [1.82, 2.24) is 14.7 Å². The lowest BCUT2D eigenvalue weighted by atomic mass is 10.1. The summed E-state index contributed by atoms with van der Waals surface area (Å²) in [7, 11) is 0. The Kier molecular flexibility index (Phi) is 6.62. The molecule has 1 atom stereocenters. The smallest absolute Gasteiger partial charge is 0.253 e. The third-order valence-corrected chi connectivity index (χ3v) is 4.60. The minimum atomic E-state index is 0. The van der Waals surface area contributed by atoms with Crippen LogP contribution >= 0.6 is 12.4 Å². The van der Waals surface area contributed by atoms with Gasteiger partial charge in [0.2, 0.25) is 0 Å². The minimum Gasteiger partial charge on any atom is -0.337 e. The van der Waals surface area contributed by atoms with Crippen molar-refractivity contribution >= 4 is 18.3 Å². The summed E-state index contributed by atoms with van der Waals surface area (Å²) in [6.45, 7) is 6.18. The summed E-state index contributed by atoms with van der Waals surface area (Å²) in [5.74, 6) is 0.0857. The van der Waals surface area contributed by atoms with Crippen LogP contribution in [0.1, 0.15) is 46.6 Å². The second-order valence-electron chi connectivity index (χ2n) is 6.79. The van der Waals surface area contributed by atoms with Gasteiger partial charge in [-0.2, -0.15) is 5.10 Å². The first-order chi connectivity index (χ1) is 11.5. The van der Waals surface area contributed by atoms with Gasteiger partial charge in [-0.1, -0.05) is 18.6 Å². The van der Waals surface area contributed by atoms with E-state index >= 15 is 0 Å². The number of rotatable bonds is 3. The average molecular weight is 363 g/mol. The van der Waals surface area contributed by atoms with Crippen molar-refractivity contribution in [3.63, 3.8) is 0 Å². The van der Waals surface area contributed by atoms with Gasteiger partial charge in [-0.15, -0.1) is 12.4 Å². The number of hydrogen-bond acceptors (Lipinski definition) is 3. The maximum atomic E-state index is 12.8. The van der Waals surface area contributed by atoms with Crippen LogP contribution in [0.25, 0.3) is 0 Å². The van der Waals surface area contributed by atoms with Crippen LogP contribution < -0.4 is 5.73 Å². The second-order valence-corrected chi connectivity index (χ2v) is 6.79. The van der Waals surface area contributed by atoms with E-state index in [2.05, 4.69) is 11.2 Å². The van der Waals surface area contributed by atoms with Gasteiger partial charge in [-0.25, -0.2) is 0 Å². The second kappa shape index (κ2) is 8.50. The van der Waals surface area contributed by atoms with Crippen molar-refractivity contribution in [3.8, 4) is 0 Å². The van der Waals surface area contributed by atoms with Gasteiger partial charge in [0.05, 0.1) is 12.2 Å². The molecule has 6 heteroatoms. The monoisotopic (exact) mass is 362 g/mol. The van der Waals surface area contributed by atoms with E-state index in [1.165, 1.54) is 0 Å². The Morgan fingerprint density at radius 3 is 2.80 bits per heavy atom. The Hall–Kier alpha value is -1.85. The molecule has 0 spiro atoms. The molecule has 2 N–H and O–H groups in total. The fourth-order valence-corrected chi connectivity index (χ4v) is 3.35. The highest BCUT2D eigenvalue weighted by atomic mass is 35.5. The van der Waals surface area contributed by atoms with E-state index in [1.807, 2.05) is 47.7 Å². The van der Waals surface area contributed by atoms with Gasteiger partial charge >= 0.3 is 0 Å². The highest BCUT2D eigenvalue weighted by Crippen LogP contribution is 2.15. The topological polar surface area (TPSA) is 64.2 Å². The molecule has 1 fully saturated rings. The molecule has 1 aromatic carbocycles. The Balaban J connectivity index is 0.00000225. The highest BCUT2D eigenvalue weighted by molar-refractivity contribution is 5.94. The molecule has 2 heterocycles. The number of carbonyl (C=O) groups excluding carboxylic acids is 1. The summed E-state index contributed by atoms with van der Waals surface area (Å²) < 4.78 is 1.97. The zero-order valence-electron chi connectivity index (χ0n) is 14.9. The molecule has 0 radical (unpaired) electrons. The molecule has 25 heavy (non-hydrogen) atoms. The lowest BCUT2D eigenvalue weighted by Gasteiger charge is -2.23. The van der Waals surface area contributed by atoms with Gasteiger partial charge in [0.15, 0.2) is 0 Å². The van der Waals surface area contributed by atoms with E-state index in [4.69, 9.17) is 5.73 Å². The Morgan fingerprint density at radius 1 is 1.28 bits per heavy atom. The van der Waals surface area contributed by atoms with Crippen LogP contribution in [-0.2, 0) is 6.54 Å². The zero-order valence-corrected chi connectivity index (χ0v) is 15.8. The Labute approximate surface area is 155 Å². The standard InChI is InChI=1S/C19H26N4O.ClH/c1-14-10-15(2)23(21-14)12-16-6-5-7-17(11-16)19(24)22-9-4-3-8-18(20)13-22;/h5-7,10-11,18H,3-4,8-9,12-13,20H2,1-2H3;1H. The van der Waals surface area contributed by atoms with Crippen LogP contribution in [-0.4, -0.2) is 39.7 Å². The van der Waals surface area contributed by atoms with Gasteiger partial charge in [0, 0.05) is 30.4 Å². The van der Waals surface area contributed by atoms with Gasteiger partial charge in [-0.3, -0.25) is 9.48 Å². The van der Waals surface area contributed by atoms with Crippen LogP contribution in [0, 0.1) is 13.8 Å². The van der Waals surface area contributed by atoms with Crippen LogP contribution in [0.15, 0.2) is 30.3 Å². The molecular weight excluding hydrogens is 336 g/mol. The Bertz CT molecular complexity index is 728. The molecule has 1 aromatic heterocycles. The normalized spacial score (nSPS) is 17.7. The van der Waals surface area contributed by atoms with E-state index in [1.54, 1.807) is 0 Å². The molecule has 1 aliphatic rings. The number of hydrogen-bond donors (Lipinski definition) is 1. The number of aryl methyl sites for hydroxylation is 2. The molecule has 0 saturated carbocycles. The largest absolute Gasteiger partial charge is 0.337 e. The predicted octanol–water partition coefficient (Wildman–Crippen LogP) is 2.92. The summed E-state index contributed by atoms with van der Waals surface area (Å²) in [5.41, 5.74) is 10.1. The molecule has 136 valence electrons. The Morgan fingerprint density at radius 2 is 2.08 bits per heavy atom. The molecular formula is C19H27ClN4O. The van der Waals surface area contributed by atoms with Crippen molar-refractivity contribution in [3.05, 3.63) is 52.8 Å². The molecule has 1 unspecified atom stereocenters. The van der Waals surface area contributed by atoms with Crippen LogP contribution in [0.3, 0.4) is 0 Å². The lowest BCUT2D eigenvalue weighted by Crippen LogP contribution is -2.39. The lowest BCUT2D eigenvalue weighted by molar-refractivity contribution is 0.0755. The van der Waals surface area contributed by atoms with Crippen molar-refractivity contribution in [1.29, 1.82) is 0 Å². The van der Waals surface area contributed by atoms with Gasteiger partial charge < -0.3 is 10.6 Å². The van der Waals surface area contributed by atoms with Crippen molar-refractivity contribution in [2.24, 2.45) is 5.73 Å². The number of likely N-dealkylation sites (tertiary alicyclic amines) is 1. The molecule has 1 saturated heterocycles. The third-order valence-electron chi connectivity index (χ3n) is 4.60. The molecule has 3 rings (SSSR count). The summed E-state index contributed by atoms with van der Waals surface area (Å²) in [4.78, 5) is 14.7. The SMILES string of the molecule is Cc1cc(C)n(Cc2cccc(C(=O)N3CCCCC(N)C3)c2)n1.Cl. The first-order valence-corrected chi connectivity index (χ1v) is 8.68. The maximum Gasteiger partial charge on any atom is 0.253 e. The molecule has 5 nitrogen and oxygen atoms in total. The van der Waals surface area contributed by atoms with E-state index in [0.717, 1.165) is 48.3 Å². The van der Waals surface area contributed by atoms with Gasteiger partial charge in [-0.05, 0) is 50.5 Å². The highest BCUT2D eigenvalue weighted by Gasteiger charge is 2.21. The number of amides is 1. The van der Waals surface area contributed by atoms with Crippen molar-refractivity contribution < 1.29 is 4.79 Å². The minimum absolute atomic E-state index is 0. The molecule has 0 bridgehead atoms. The predicted molar refractivity (Wildman–Crippen MR) is 102 cm³/mol. The maximum absolute atomic E-state index is 12.8. The van der Waals surface area contributed by atoms with Crippen LogP contribution in [0.4, 0.5) is 0 Å². The number of halogens is 1. The summed E-state index contributed by atoms with van der Waals surface area (Å²) >= 11 is 0. The molecule has 0 aliphatic carbocycles. The van der Waals surface area contributed by atoms with Crippen molar-refractivity contribution in [2.75, 3.05) is 13.1 Å². The van der Waals surface area contributed by atoms with Crippen LogP contribution in [0.5, 0.6) is 0 Å². The van der Waals surface area contributed by atoms with Crippen molar-refractivity contribution in [2.45, 2.75) is 45.7 Å². The van der Waals surface area contributed by atoms with Gasteiger partial charge in [0.1, 0.15) is 0 Å². The first kappa shape index (κ1) is 19.5. The average Bonchev–Trinajstić information content (AvgIpc) is 2.74. The summed E-state index contributed by atoms with van der Waals surface area (Å²) in [6, 6.07) is 10.0. The van der Waals surface area contributed by atoms with E-state index in [-0.39, 0.29) is 24.4 Å². The van der Waals surface area contributed by atoms with Gasteiger partial charge in [0.25, 0.3) is 5.91 Å². The number of benzene rings is 1. The third kappa shape index (κ3) is 4.83. The fourth-order valence-electron chi connectivity index (χ4n) is 3.35. The quantitative estimate of drug-likeness (QED) is 0.913. The molecule has 2 aromatic rings. The summed E-state index contributed by atoms with van der Waals surface area (Å²) in [5, 5.41) is 4.50. The summed E-state index contributed by atoms with van der Waals surface area (Å²) in [6.07, 6.45) is 3.13.